The van der Waals surface area contributed by atoms with Crippen molar-refractivity contribution in [2.24, 2.45) is 7.05 Å². The largest absolute Gasteiger partial charge is 0.435 e. The monoisotopic (exact) mass is 275 g/mol. The van der Waals surface area contributed by atoms with Gasteiger partial charge < -0.3 is 10.1 Å². The molecule has 0 aliphatic heterocycles. The predicted molar refractivity (Wildman–Crippen MR) is 78.2 cm³/mol. The van der Waals surface area contributed by atoms with Crippen molar-refractivity contribution in [3.63, 3.8) is 0 Å². The summed E-state index contributed by atoms with van der Waals surface area (Å²) in [5.74, 6) is 2.37. The summed E-state index contributed by atoms with van der Waals surface area (Å²) in [4.78, 5) is 8.58. The molecule has 0 fully saturated rings. The third-order valence-electron chi connectivity index (χ3n) is 2.86. The van der Waals surface area contributed by atoms with Gasteiger partial charge in [0.1, 0.15) is 12.1 Å². The molecule has 1 N–H and O–H groups in total. The molecule has 0 unspecified atom stereocenters. The van der Waals surface area contributed by atoms with Crippen molar-refractivity contribution in [1.82, 2.24) is 19.7 Å². The molecule has 0 amide bonds. The number of nitrogens with one attached hydrogen (secondary N) is 1. The third-order valence-corrected chi connectivity index (χ3v) is 2.86. The summed E-state index contributed by atoms with van der Waals surface area (Å²) in [5.41, 5.74) is 0.991. The minimum absolute atomic E-state index is 0.266. The second-order valence-electron chi connectivity index (χ2n) is 4.97. The fourth-order valence-electron chi connectivity index (χ4n) is 1.93. The molecule has 0 aromatic carbocycles. The lowest BCUT2D eigenvalue weighted by atomic mass is 10.1. The maximum atomic E-state index is 5.84. The average molecular weight is 275 g/mol. The molecule has 2 aromatic rings. The van der Waals surface area contributed by atoms with E-state index >= 15 is 0 Å². The van der Waals surface area contributed by atoms with Crippen LogP contribution in [-0.4, -0.2) is 26.3 Å². The summed E-state index contributed by atoms with van der Waals surface area (Å²) in [6, 6.07) is 0. The van der Waals surface area contributed by atoms with Crippen LogP contribution in [0, 0.1) is 0 Å². The van der Waals surface area contributed by atoms with Crippen molar-refractivity contribution in [1.29, 1.82) is 0 Å². The molecular weight excluding hydrogens is 254 g/mol. The fourth-order valence-corrected chi connectivity index (χ4v) is 1.93. The van der Waals surface area contributed by atoms with Gasteiger partial charge in [0.25, 0.3) is 0 Å². The molecule has 0 radical (unpaired) electrons. The highest BCUT2D eigenvalue weighted by atomic mass is 16.5. The Balaban J connectivity index is 2.31. The van der Waals surface area contributed by atoms with Crippen LogP contribution in [0.1, 0.15) is 38.7 Å². The molecule has 20 heavy (non-hydrogen) atoms. The number of aryl methyl sites for hydroxylation is 1. The zero-order chi connectivity index (χ0) is 14.5. The number of anilines is 1. The molecule has 0 atom stereocenters. The van der Waals surface area contributed by atoms with Crippen LogP contribution in [0.5, 0.6) is 11.6 Å². The van der Waals surface area contributed by atoms with Crippen molar-refractivity contribution >= 4 is 5.82 Å². The number of hydrogen-bond donors (Lipinski definition) is 1. The zero-order valence-electron chi connectivity index (χ0n) is 12.4. The van der Waals surface area contributed by atoms with E-state index in [0.29, 0.717) is 11.6 Å². The molecule has 0 spiro atoms. The Labute approximate surface area is 119 Å². The lowest BCUT2D eigenvalue weighted by molar-refractivity contribution is 0.451. The van der Waals surface area contributed by atoms with E-state index in [1.54, 1.807) is 10.9 Å². The lowest BCUT2D eigenvalue weighted by Crippen LogP contribution is -2.08. The Morgan fingerprint density at radius 2 is 2.15 bits per heavy atom. The first-order chi connectivity index (χ1) is 9.61. The topological polar surface area (TPSA) is 64.9 Å². The Morgan fingerprint density at radius 3 is 2.75 bits per heavy atom. The molecule has 2 rings (SSSR count). The van der Waals surface area contributed by atoms with Gasteiger partial charge >= 0.3 is 0 Å². The number of nitrogens with zero attached hydrogens (tertiary/aromatic N) is 4. The second kappa shape index (κ2) is 6.36. The van der Waals surface area contributed by atoms with Crippen LogP contribution in [-0.2, 0) is 7.05 Å². The molecule has 0 saturated carbocycles. The van der Waals surface area contributed by atoms with Crippen molar-refractivity contribution in [2.75, 3.05) is 11.9 Å². The molecule has 2 heterocycles. The van der Waals surface area contributed by atoms with Crippen molar-refractivity contribution in [3.05, 3.63) is 24.3 Å². The Morgan fingerprint density at radius 1 is 1.35 bits per heavy atom. The van der Waals surface area contributed by atoms with E-state index in [2.05, 4.69) is 41.2 Å². The minimum atomic E-state index is 0.266. The van der Waals surface area contributed by atoms with E-state index in [1.807, 2.05) is 13.2 Å². The highest BCUT2D eigenvalue weighted by Crippen LogP contribution is 2.32. The standard InChI is InChI=1S/C14H21N5O/c1-5-6-15-13-12(10(2)3)14(17-9-16-13)20-11-7-18-19(4)8-11/h7-10H,5-6H2,1-4H3,(H,15,16,17). The molecule has 0 bridgehead atoms. The van der Waals surface area contributed by atoms with Gasteiger partial charge in [-0.05, 0) is 12.3 Å². The fraction of sp³-hybridized carbons (Fsp3) is 0.500. The van der Waals surface area contributed by atoms with Crippen LogP contribution < -0.4 is 10.1 Å². The number of ether oxygens (including phenoxy) is 1. The minimum Gasteiger partial charge on any atom is -0.435 e. The molecule has 0 saturated heterocycles. The SMILES string of the molecule is CCCNc1ncnc(Oc2cnn(C)c2)c1C(C)C. The molecule has 108 valence electrons. The number of aromatic nitrogens is 4. The maximum absolute atomic E-state index is 5.84. The average Bonchev–Trinajstić information content (AvgIpc) is 2.81. The molecular formula is C14H21N5O. The van der Waals surface area contributed by atoms with Crippen molar-refractivity contribution in [3.8, 4) is 11.6 Å². The number of rotatable bonds is 6. The van der Waals surface area contributed by atoms with Gasteiger partial charge in [-0.25, -0.2) is 9.97 Å². The second-order valence-corrected chi connectivity index (χ2v) is 4.97. The van der Waals surface area contributed by atoms with Gasteiger partial charge in [0.05, 0.1) is 18.0 Å². The molecule has 0 aliphatic rings. The van der Waals surface area contributed by atoms with E-state index in [9.17, 15) is 0 Å². The Bertz CT molecular complexity index is 564. The van der Waals surface area contributed by atoms with Gasteiger partial charge in [-0.3, -0.25) is 4.68 Å². The Kier molecular flexibility index (Phi) is 4.55. The number of hydrogen-bond acceptors (Lipinski definition) is 5. The van der Waals surface area contributed by atoms with Gasteiger partial charge in [0.15, 0.2) is 5.75 Å². The van der Waals surface area contributed by atoms with Crippen LogP contribution in [0.3, 0.4) is 0 Å². The first-order valence-corrected chi connectivity index (χ1v) is 6.87. The molecule has 6 heteroatoms. The van der Waals surface area contributed by atoms with E-state index in [-0.39, 0.29) is 5.92 Å². The zero-order valence-corrected chi connectivity index (χ0v) is 12.4. The highest BCUT2D eigenvalue weighted by molar-refractivity contribution is 5.51. The summed E-state index contributed by atoms with van der Waals surface area (Å²) < 4.78 is 7.53. The van der Waals surface area contributed by atoms with Crippen molar-refractivity contribution in [2.45, 2.75) is 33.1 Å². The third kappa shape index (κ3) is 3.26. The summed E-state index contributed by atoms with van der Waals surface area (Å²) in [5, 5.41) is 7.42. The van der Waals surface area contributed by atoms with Gasteiger partial charge in [-0.15, -0.1) is 0 Å². The lowest BCUT2D eigenvalue weighted by Gasteiger charge is -2.16. The van der Waals surface area contributed by atoms with E-state index < -0.39 is 0 Å². The van der Waals surface area contributed by atoms with Gasteiger partial charge in [-0.2, -0.15) is 5.10 Å². The van der Waals surface area contributed by atoms with Crippen LogP contribution in [0.4, 0.5) is 5.82 Å². The van der Waals surface area contributed by atoms with Gasteiger partial charge in [-0.1, -0.05) is 20.8 Å². The highest BCUT2D eigenvalue weighted by Gasteiger charge is 2.17. The maximum Gasteiger partial charge on any atom is 0.228 e. The molecule has 2 aromatic heterocycles. The van der Waals surface area contributed by atoms with Crippen LogP contribution in [0.25, 0.3) is 0 Å². The molecule has 6 nitrogen and oxygen atoms in total. The smallest absolute Gasteiger partial charge is 0.228 e. The normalized spacial score (nSPS) is 10.8. The first-order valence-electron chi connectivity index (χ1n) is 6.87. The first kappa shape index (κ1) is 14.3. The quantitative estimate of drug-likeness (QED) is 0.878. The summed E-state index contributed by atoms with van der Waals surface area (Å²) >= 11 is 0. The predicted octanol–water partition coefficient (Wildman–Crippen LogP) is 2.95. The summed E-state index contributed by atoms with van der Waals surface area (Å²) in [6.07, 6.45) is 6.05. The Hall–Kier alpha value is -2.11. The summed E-state index contributed by atoms with van der Waals surface area (Å²) in [7, 11) is 1.85. The van der Waals surface area contributed by atoms with Crippen molar-refractivity contribution < 1.29 is 4.74 Å². The van der Waals surface area contributed by atoms with Gasteiger partial charge in [0.2, 0.25) is 5.88 Å². The van der Waals surface area contributed by atoms with E-state index in [1.165, 1.54) is 6.33 Å². The summed E-state index contributed by atoms with van der Waals surface area (Å²) in [6.45, 7) is 7.21. The van der Waals surface area contributed by atoms with E-state index in [0.717, 1.165) is 24.3 Å². The molecule has 0 aliphatic carbocycles. The van der Waals surface area contributed by atoms with Crippen LogP contribution in [0.15, 0.2) is 18.7 Å². The van der Waals surface area contributed by atoms with Crippen LogP contribution in [0.2, 0.25) is 0 Å². The van der Waals surface area contributed by atoms with E-state index in [4.69, 9.17) is 4.74 Å². The van der Waals surface area contributed by atoms with Gasteiger partial charge in [0, 0.05) is 13.6 Å². The van der Waals surface area contributed by atoms with Crippen LogP contribution >= 0.6 is 0 Å².